The summed E-state index contributed by atoms with van der Waals surface area (Å²) < 4.78 is 1.67. The lowest BCUT2D eigenvalue weighted by atomic mass is 10.0. The molecular formula is C30H24N2O2S. The number of ketones is 1. The molecule has 4 aromatic carbocycles. The van der Waals surface area contributed by atoms with E-state index in [1.165, 1.54) is 11.8 Å². The van der Waals surface area contributed by atoms with Gasteiger partial charge in [0.15, 0.2) is 10.9 Å². The van der Waals surface area contributed by atoms with Crippen LogP contribution in [-0.4, -0.2) is 21.1 Å². The fourth-order valence-corrected chi connectivity index (χ4v) is 4.86. The Morgan fingerprint density at radius 3 is 2.20 bits per heavy atom. The molecule has 0 saturated heterocycles. The fraction of sp³-hybridized carbons (Fsp3) is 0.100. The van der Waals surface area contributed by atoms with Gasteiger partial charge in [0.25, 0.3) is 5.56 Å². The molecule has 0 unspecified atom stereocenters. The highest BCUT2D eigenvalue weighted by Gasteiger charge is 2.15. The van der Waals surface area contributed by atoms with Crippen LogP contribution in [0.5, 0.6) is 0 Å². The molecule has 5 rings (SSSR count). The van der Waals surface area contributed by atoms with Crippen molar-refractivity contribution in [2.24, 2.45) is 0 Å². The Kier molecular flexibility index (Phi) is 6.59. The van der Waals surface area contributed by atoms with Crippen LogP contribution in [0.2, 0.25) is 0 Å². The van der Waals surface area contributed by atoms with Crippen LogP contribution in [-0.2, 0) is 6.54 Å². The van der Waals surface area contributed by atoms with Crippen LogP contribution in [0.25, 0.3) is 22.0 Å². The van der Waals surface area contributed by atoms with Crippen molar-refractivity contribution in [2.45, 2.75) is 18.6 Å². The quantitative estimate of drug-likeness (QED) is 0.155. The molecule has 0 saturated carbocycles. The van der Waals surface area contributed by atoms with E-state index in [9.17, 15) is 9.59 Å². The smallest absolute Gasteiger partial charge is 0.262 e. The highest BCUT2D eigenvalue weighted by atomic mass is 32.2. The number of fused-ring (bicyclic) bond motifs is 1. The zero-order valence-electron chi connectivity index (χ0n) is 19.3. The van der Waals surface area contributed by atoms with Crippen molar-refractivity contribution in [3.8, 4) is 11.1 Å². The van der Waals surface area contributed by atoms with Crippen LogP contribution in [0.1, 0.15) is 21.5 Å². The van der Waals surface area contributed by atoms with Crippen molar-refractivity contribution < 1.29 is 4.79 Å². The number of nitrogens with zero attached hydrogens (tertiary/aromatic N) is 2. The molecule has 0 bridgehead atoms. The van der Waals surface area contributed by atoms with Gasteiger partial charge in [0.1, 0.15) is 0 Å². The maximum Gasteiger partial charge on any atom is 0.262 e. The number of rotatable bonds is 7. The minimum Gasteiger partial charge on any atom is -0.293 e. The van der Waals surface area contributed by atoms with Crippen LogP contribution >= 0.6 is 11.8 Å². The van der Waals surface area contributed by atoms with Gasteiger partial charge in [0, 0.05) is 5.56 Å². The van der Waals surface area contributed by atoms with Crippen molar-refractivity contribution in [3.05, 3.63) is 130 Å². The summed E-state index contributed by atoms with van der Waals surface area (Å²) >= 11 is 1.30. The first-order chi connectivity index (χ1) is 17.1. The van der Waals surface area contributed by atoms with Crippen molar-refractivity contribution >= 4 is 28.4 Å². The first-order valence-electron chi connectivity index (χ1n) is 11.4. The van der Waals surface area contributed by atoms with E-state index in [1.54, 1.807) is 10.6 Å². The van der Waals surface area contributed by atoms with Crippen LogP contribution in [0.3, 0.4) is 0 Å². The molecule has 0 spiro atoms. The fourth-order valence-electron chi connectivity index (χ4n) is 3.97. The maximum absolute atomic E-state index is 13.3. The van der Waals surface area contributed by atoms with Gasteiger partial charge in [-0.05, 0) is 35.7 Å². The number of para-hydroxylation sites is 1. The Hall–Kier alpha value is -3.96. The lowest BCUT2D eigenvalue weighted by Crippen LogP contribution is -2.24. The predicted molar refractivity (Wildman–Crippen MR) is 143 cm³/mol. The summed E-state index contributed by atoms with van der Waals surface area (Å²) in [7, 11) is 0. The van der Waals surface area contributed by atoms with Crippen molar-refractivity contribution in [1.29, 1.82) is 0 Å². The molecule has 0 aliphatic carbocycles. The van der Waals surface area contributed by atoms with E-state index in [1.807, 2.05) is 104 Å². The second-order valence-corrected chi connectivity index (χ2v) is 9.39. The van der Waals surface area contributed by atoms with E-state index in [0.29, 0.717) is 28.2 Å². The van der Waals surface area contributed by atoms with Gasteiger partial charge in [-0.15, -0.1) is 0 Å². The number of benzene rings is 4. The lowest BCUT2D eigenvalue weighted by Gasteiger charge is -2.13. The summed E-state index contributed by atoms with van der Waals surface area (Å²) in [6.45, 7) is 2.44. The molecule has 4 nitrogen and oxygen atoms in total. The Morgan fingerprint density at radius 1 is 0.800 bits per heavy atom. The van der Waals surface area contributed by atoms with E-state index in [-0.39, 0.29) is 17.1 Å². The number of aryl methyl sites for hydroxylation is 1. The monoisotopic (exact) mass is 476 g/mol. The first kappa shape index (κ1) is 22.8. The standard InChI is InChI=1S/C30H24N2O2S/c1-21-11-13-22(14-12-21)19-32-29(34)26-9-5-6-10-27(26)31-30(32)35-20-28(33)25-17-15-24(16-18-25)23-7-3-2-4-8-23/h2-18H,19-20H2,1H3. The van der Waals surface area contributed by atoms with E-state index in [0.717, 1.165) is 22.3 Å². The Morgan fingerprint density at radius 2 is 1.46 bits per heavy atom. The number of hydrogen-bond acceptors (Lipinski definition) is 4. The lowest BCUT2D eigenvalue weighted by molar-refractivity contribution is 0.102. The highest BCUT2D eigenvalue weighted by molar-refractivity contribution is 7.99. The molecule has 1 aromatic heterocycles. The van der Waals surface area contributed by atoms with Crippen LogP contribution in [0, 0.1) is 6.92 Å². The van der Waals surface area contributed by atoms with Gasteiger partial charge in [-0.3, -0.25) is 14.2 Å². The minimum absolute atomic E-state index is 0.00101. The second kappa shape index (κ2) is 10.1. The summed E-state index contributed by atoms with van der Waals surface area (Å²) in [6.07, 6.45) is 0. The molecule has 0 fully saturated rings. The Bertz CT molecular complexity index is 1540. The van der Waals surface area contributed by atoms with E-state index in [4.69, 9.17) is 4.98 Å². The van der Waals surface area contributed by atoms with Gasteiger partial charge in [-0.25, -0.2) is 4.98 Å². The van der Waals surface area contributed by atoms with Gasteiger partial charge < -0.3 is 0 Å². The van der Waals surface area contributed by atoms with Crippen molar-refractivity contribution in [2.75, 3.05) is 5.75 Å². The third-order valence-corrected chi connectivity index (χ3v) is 6.91. The molecule has 0 N–H and O–H groups in total. The molecule has 35 heavy (non-hydrogen) atoms. The van der Waals surface area contributed by atoms with E-state index >= 15 is 0 Å². The maximum atomic E-state index is 13.3. The molecule has 172 valence electrons. The molecule has 0 amide bonds. The van der Waals surface area contributed by atoms with Crippen LogP contribution in [0.4, 0.5) is 0 Å². The largest absolute Gasteiger partial charge is 0.293 e. The number of carbonyl (C=O) groups excluding carboxylic acids is 1. The number of Topliss-reactive ketones (excluding diaryl/α,β-unsaturated/α-hetero) is 1. The Balaban J connectivity index is 1.40. The third kappa shape index (κ3) is 5.10. The van der Waals surface area contributed by atoms with E-state index in [2.05, 4.69) is 0 Å². The molecule has 0 aliphatic rings. The van der Waals surface area contributed by atoms with Crippen LogP contribution < -0.4 is 5.56 Å². The highest BCUT2D eigenvalue weighted by Crippen LogP contribution is 2.23. The second-order valence-electron chi connectivity index (χ2n) is 8.44. The van der Waals surface area contributed by atoms with Gasteiger partial charge in [-0.1, -0.05) is 108 Å². The molecule has 0 atom stereocenters. The predicted octanol–water partition coefficient (Wildman–Crippen LogP) is 6.40. The zero-order valence-corrected chi connectivity index (χ0v) is 20.2. The number of hydrogen-bond donors (Lipinski definition) is 0. The number of carbonyl (C=O) groups is 1. The zero-order chi connectivity index (χ0) is 24.2. The topological polar surface area (TPSA) is 52.0 Å². The van der Waals surface area contributed by atoms with Crippen molar-refractivity contribution in [3.63, 3.8) is 0 Å². The summed E-state index contributed by atoms with van der Waals surface area (Å²) in [4.78, 5) is 31.1. The van der Waals surface area contributed by atoms with E-state index < -0.39 is 0 Å². The average Bonchev–Trinajstić information content (AvgIpc) is 2.91. The third-order valence-electron chi connectivity index (χ3n) is 5.93. The molecular weight excluding hydrogens is 452 g/mol. The summed E-state index contributed by atoms with van der Waals surface area (Å²) in [5, 5.41) is 1.12. The molecule has 5 heteroatoms. The van der Waals surface area contributed by atoms with Gasteiger partial charge >= 0.3 is 0 Å². The summed E-state index contributed by atoms with van der Waals surface area (Å²) in [5.41, 5.74) is 5.54. The van der Waals surface area contributed by atoms with Gasteiger partial charge in [0.2, 0.25) is 0 Å². The SMILES string of the molecule is Cc1ccc(Cn2c(SCC(=O)c3ccc(-c4ccccc4)cc3)nc3ccccc3c2=O)cc1. The summed E-state index contributed by atoms with van der Waals surface area (Å²) in [5.74, 6) is 0.197. The number of aromatic nitrogens is 2. The molecule has 0 aliphatic heterocycles. The summed E-state index contributed by atoms with van der Waals surface area (Å²) in [6, 6.07) is 33.2. The average molecular weight is 477 g/mol. The minimum atomic E-state index is -0.0988. The normalized spacial score (nSPS) is 11.0. The molecule has 1 heterocycles. The van der Waals surface area contributed by atoms with Gasteiger partial charge in [-0.2, -0.15) is 0 Å². The van der Waals surface area contributed by atoms with Crippen LogP contribution in [0.15, 0.2) is 113 Å². The first-order valence-corrected chi connectivity index (χ1v) is 12.4. The number of thioether (sulfide) groups is 1. The van der Waals surface area contributed by atoms with Crippen molar-refractivity contribution in [1.82, 2.24) is 9.55 Å². The Labute approximate surface area is 208 Å². The molecule has 0 radical (unpaired) electrons. The molecule has 5 aromatic rings. The van der Waals surface area contributed by atoms with Gasteiger partial charge in [0.05, 0.1) is 23.2 Å².